The van der Waals surface area contributed by atoms with Crippen LogP contribution in [0.4, 0.5) is 11.6 Å². The topological polar surface area (TPSA) is 77.2 Å². The Kier molecular flexibility index (Phi) is 4.20. The maximum atomic E-state index is 5.77. The number of pyridine rings is 1. The standard InChI is InChI=1S/C18H21N5O/c1-11(2)24-17-15-9-13(10-20-16(15)21-18(19)22-17)12-5-7-14(8-6-12)23(3)4/h5-11H,1-4H3,(H2,19,20,21,22). The molecule has 6 heteroatoms. The number of benzene rings is 1. The Balaban J connectivity index is 2.08. The lowest BCUT2D eigenvalue weighted by molar-refractivity contribution is 0.236. The molecule has 0 radical (unpaired) electrons. The van der Waals surface area contributed by atoms with Gasteiger partial charge in [-0.3, -0.25) is 0 Å². The maximum Gasteiger partial charge on any atom is 0.228 e. The zero-order valence-electron chi connectivity index (χ0n) is 14.3. The van der Waals surface area contributed by atoms with Crippen molar-refractivity contribution in [3.63, 3.8) is 0 Å². The van der Waals surface area contributed by atoms with Crippen LogP contribution >= 0.6 is 0 Å². The third kappa shape index (κ3) is 3.22. The van der Waals surface area contributed by atoms with Crippen LogP contribution in [0.3, 0.4) is 0 Å². The predicted molar refractivity (Wildman–Crippen MR) is 97.3 cm³/mol. The fourth-order valence-corrected chi connectivity index (χ4v) is 2.42. The van der Waals surface area contributed by atoms with Gasteiger partial charge >= 0.3 is 0 Å². The zero-order chi connectivity index (χ0) is 17.3. The summed E-state index contributed by atoms with van der Waals surface area (Å²) in [6.07, 6.45) is 1.78. The minimum atomic E-state index is -0.00877. The van der Waals surface area contributed by atoms with E-state index in [1.807, 2.05) is 34.0 Å². The number of hydrogen-bond acceptors (Lipinski definition) is 6. The smallest absolute Gasteiger partial charge is 0.228 e. The molecule has 0 aliphatic carbocycles. The van der Waals surface area contributed by atoms with Crippen molar-refractivity contribution in [3.8, 4) is 17.0 Å². The maximum absolute atomic E-state index is 5.77. The fourth-order valence-electron chi connectivity index (χ4n) is 2.42. The molecule has 2 aromatic heterocycles. The molecular weight excluding hydrogens is 302 g/mol. The average molecular weight is 323 g/mol. The van der Waals surface area contributed by atoms with Crippen molar-refractivity contribution >= 4 is 22.7 Å². The molecule has 0 bridgehead atoms. The molecule has 2 heterocycles. The summed E-state index contributed by atoms with van der Waals surface area (Å²) in [4.78, 5) is 14.9. The molecule has 0 saturated heterocycles. The van der Waals surface area contributed by atoms with Gasteiger partial charge in [-0.1, -0.05) is 12.1 Å². The summed E-state index contributed by atoms with van der Waals surface area (Å²) in [7, 11) is 4.04. The number of ether oxygens (including phenoxy) is 1. The molecule has 0 aliphatic heterocycles. The Morgan fingerprint density at radius 3 is 2.38 bits per heavy atom. The Bertz CT molecular complexity index is 859. The van der Waals surface area contributed by atoms with Gasteiger partial charge in [-0.25, -0.2) is 4.98 Å². The lowest BCUT2D eigenvalue weighted by atomic mass is 10.1. The van der Waals surface area contributed by atoms with Crippen LogP contribution < -0.4 is 15.4 Å². The second-order valence-electron chi connectivity index (χ2n) is 6.09. The molecule has 0 spiro atoms. The number of nitrogens with two attached hydrogens (primary N) is 1. The van der Waals surface area contributed by atoms with Crippen molar-refractivity contribution in [1.82, 2.24) is 15.0 Å². The molecule has 0 saturated carbocycles. The van der Waals surface area contributed by atoms with Gasteiger partial charge in [0.15, 0.2) is 5.65 Å². The highest BCUT2D eigenvalue weighted by Gasteiger charge is 2.12. The number of rotatable bonds is 4. The number of fused-ring (bicyclic) bond motifs is 1. The molecule has 124 valence electrons. The van der Waals surface area contributed by atoms with Gasteiger partial charge in [0.1, 0.15) is 0 Å². The van der Waals surface area contributed by atoms with E-state index in [-0.39, 0.29) is 12.1 Å². The van der Waals surface area contributed by atoms with Crippen molar-refractivity contribution < 1.29 is 4.74 Å². The van der Waals surface area contributed by atoms with Gasteiger partial charge in [-0.2, -0.15) is 9.97 Å². The molecule has 0 atom stereocenters. The first-order valence-corrected chi connectivity index (χ1v) is 7.81. The van der Waals surface area contributed by atoms with Crippen LogP contribution in [0.25, 0.3) is 22.2 Å². The molecule has 0 amide bonds. The van der Waals surface area contributed by atoms with E-state index in [1.54, 1.807) is 6.20 Å². The quantitative estimate of drug-likeness (QED) is 0.795. The van der Waals surface area contributed by atoms with Gasteiger partial charge in [0, 0.05) is 31.5 Å². The van der Waals surface area contributed by atoms with Gasteiger partial charge in [0.2, 0.25) is 11.8 Å². The highest BCUT2D eigenvalue weighted by atomic mass is 16.5. The van der Waals surface area contributed by atoms with Gasteiger partial charge in [0.25, 0.3) is 0 Å². The van der Waals surface area contributed by atoms with Gasteiger partial charge < -0.3 is 15.4 Å². The van der Waals surface area contributed by atoms with E-state index >= 15 is 0 Å². The normalized spacial score (nSPS) is 11.0. The highest BCUT2D eigenvalue weighted by Crippen LogP contribution is 2.29. The molecule has 2 N–H and O–H groups in total. The average Bonchev–Trinajstić information content (AvgIpc) is 2.54. The minimum Gasteiger partial charge on any atom is -0.474 e. The Morgan fingerprint density at radius 1 is 1.04 bits per heavy atom. The van der Waals surface area contributed by atoms with E-state index in [1.165, 1.54) is 0 Å². The number of anilines is 2. The first kappa shape index (κ1) is 16.0. The molecule has 0 aliphatic rings. The van der Waals surface area contributed by atoms with E-state index in [2.05, 4.69) is 44.1 Å². The van der Waals surface area contributed by atoms with E-state index in [0.29, 0.717) is 11.5 Å². The van der Waals surface area contributed by atoms with Crippen LogP contribution in [0.2, 0.25) is 0 Å². The molecule has 24 heavy (non-hydrogen) atoms. The summed E-state index contributed by atoms with van der Waals surface area (Å²) in [6.45, 7) is 3.89. The third-order valence-electron chi connectivity index (χ3n) is 3.60. The molecule has 6 nitrogen and oxygen atoms in total. The summed E-state index contributed by atoms with van der Waals surface area (Å²) in [5, 5.41) is 0.757. The van der Waals surface area contributed by atoms with Crippen LogP contribution in [0.15, 0.2) is 36.5 Å². The van der Waals surface area contributed by atoms with E-state index in [0.717, 1.165) is 22.2 Å². The Labute approximate surface area is 141 Å². The minimum absolute atomic E-state index is 0.00877. The summed E-state index contributed by atoms with van der Waals surface area (Å²) in [5.74, 6) is 0.625. The molecule has 3 rings (SSSR count). The van der Waals surface area contributed by atoms with Crippen LogP contribution in [0.1, 0.15) is 13.8 Å². The van der Waals surface area contributed by atoms with E-state index in [4.69, 9.17) is 10.5 Å². The fraction of sp³-hybridized carbons (Fsp3) is 0.278. The molecule has 1 aromatic carbocycles. The first-order chi connectivity index (χ1) is 11.4. The molecule has 3 aromatic rings. The predicted octanol–water partition coefficient (Wildman–Crippen LogP) is 3.13. The van der Waals surface area contributed by atoms with E-state index in [9.17, 15) is 0 Å². The lowest BCUT2D eigenvalue weighted by Crippen LogP contribution is -2.09. The van der Waals surface area contributed by atoms with Crippen molar-refractivity contribution in [2.45, 2.75) is 20.0 Å². The van der Waals surface area contributed by atoms with Gasteiger partial charge in [-0.05, 0) is 37.6 Å². The summed E-state index contributed by atoms with van der Waals surface area (Å²) < 4.78 is 5.77. The largest absolute Gasteiger partial charge is 0.474 e. The van der Waals surface area contributed by atoms with Crippen LogP contribution in [0, 0.1) is 0 Å². The summed E-state index contributed by atoms with van der Waals surface area (Å²) in [6, 6.07) is 10.3. The van der Waals surface area contributed by atoms with Gasteiger partial charge in [-0.15, -0.1) is 0 Å². The summed E-state index contributed by atoms with van der Waals surface area (Å²) in [5.41, 5.74) is 9.48. The second kappa shape index (κ2) is 6.31. The van der Waals surface area contributed by atoms with Crippen LogP contribution in [0.5, 0.6) is 5.88 Å². The highest BCUT2D eigenvalue weighted by molar-refractivity contribution is 5.85. The SMILES string of the molecule is CC(C)Oc1nc(N)nc2ncc(-c3ccc(N(C)C)cc3)cc12. The van der Waals surface area contributed by atoms with Crippen LogP contribution in [-0.2, 0) is 0 Å². The second-order valence-corrected chi connectivity index (χ2v) is 6.09. The van der Waals surface area contributed by atoms with Crippen molar-refractivity contribution in [1.29, 1.82) is 0 Å². The Hall–Kier alpha value is -2.89. The molecule has 0 unspecified atom stereocenters. The zero-order valence-corrected chi connectivity index (χ0v) is 14.3. The number of aromatic nitrogens is 3. The Morgan fingerprint density at radius 2 is 1.75 bits per heavy atom. The summed E-state index contributed by atoms with van der Waals surface area (Å²) >= 11 is 0. The number of nitrogen functional groups attached to an aromatic ring is 1. The first-order valence-electron chi connectivity index (χ1n) is 7.81. The van der Waals surface area contributed by atoms with Crippen molar-refractivity contribution in [2.24, 2.45) is 0 Å². The van der Waals surface area contributed by atoms with Crippen molar-refractivity contribution in [3.05, 3.63) is 36.5 Å². The van der Waals surface area contributed by atoms with Gasteiger partial charge in [0.05, 0.1) is 11.5 Å². The molecule has 0 fully saturated rings. The number of nitrogens with zero attached hydrogens (tertiary/aromatic N) is 4. The monoisotopic (exact) mass is 323 g/mol. The third-order valence-corrected chi connectivity index (χ3v) is 3.60. The lowest BCUT2D eigenvalue weighted by Gasteiger charge is -2.13. The number of hydrogen-bond donors (Lipinski definition) is 1. The van der Waals surface area contributed by atoms with E-state index < -0.39 is 0 Å². The van der Waals surface area contributed by atoms with Crippen molar-refractivity contribution in [2.75, 3.05) is 24.7 Å². The molecular formula is C18H21N5O. The van der Waals surface area contributed by atoms with Crippen LogP contribution in [-0.4, -0.2) is 35.2 Å².